The number of ether oxygens (including phenoxy) is 3. The first kappa shape index (κ1) is 21.6. The average Bonchev–Trinajstić information content (AvgIpc) is 2.76. The molecule has 2 heterocycles. The van der Waals surface area contributed by atoms with E-state index in [0.29, 0.717) is 5.56 Å². The first-order chi connectivity index (χ1) is 14.8. The zero-order chi connectivity index (χ0) is 22.5. The molecule has 0 bridgehead atoms. The van der Waals surface area contributed by atoms with Crippen molar-refractivity contribution in [3.63, 3.8) is 0 Å². The van der Waals surface area contributed by atoms with Crippen LogP contribution in [-0.2, 0) is 14.3 Å². The number of aliphatic carboxylic acids is 1. The zero-order valence-electron chi connectivity index (χ0n) is 16.8. The van der Waals surface area contributed by atoms with E-state index in [1.807, 2.05) is 0 Å². The van der Waals surface area contributed by atoms with Gasteiger partial charge in [-0.1, -0.05) is 12.1 Å². The Morgan fingerprint density at radius 2 is 1.94 bits per heavy atom. The SMILES string of the molecule is COC(=O)C[C@H](c1ccc(OCC(=O)O)c(OC)c1)c1c(O)nc2ccccn2c1=O. The second-order valence-corrected chi connectivity index (χ2v) is 6.51. The lowest BCUT2D eigenvalue weighted by Gasteiger charge is -2.19. The van der Waals surface area contributed by atoms with Crippen molar-refractivity contribution in [3.8, 4) is 17.4 Å². The Morgan fingerprint density at radius 3 is 2.61 bits per heavy atom. The maximum Gasteiger partial charge on any atom is 0.341 e. The Hall–Kier alpha value is -4.08. The van der Waals surface area contributed by atoms with Gasteiger partial charge in [-0.25, -0.2) is 4.79 Å². The molecule has 0 unspecified atom stereocenters. The molecule has 10 nitrogen and oxygen atoms in total. The minimum Gasteiger partial charge on any atom is -0.493 e. The summed E-state index contributed by atoms with van der Waals surface area (Å²) in [7, 11) is 2.58. The van der Waals surface area contributed by atoms with Gasteiger partial charge in [-0.3, -0.25) is 14.0 Å². The predicted molar refractivity (Wildman–Crippen MR) is 108 cm³/mol. The second-order valence-electron chi connectivity index (χ2n) is 6.51. The Bertz CT molecular complexity index is 1190. The molecule has 3 rings (SSSR count). The van der Waals surface area contributed by atoms with Crippen LogP contribution in [0, 0.1) is 0 Å². The Kier molecular flexibility index (Phi) is 6.39. The van der Waals surface area contributed by atoms with Crippen LogP contribution in [0.5, 0.6) is 17.4 Å². The Morgan fingerprint density at radius 1 is 1.16 bits per heavy atom. The Balaban J connectivity index is 2.15. The highest BCUT2D eigenvalue weighted by molar-refractivity contribution is 5.72. The number of benzene rings is 1. The van der Waals surface area contributed by atoms with E-state index >= 15 is 0 Å². The molecule has 1 aromatic carbocycles. The molecule has 0 fully saturated rings. The van der Waals surface area contributed by atoms with Crippen molar-refractivity contribution in [1.29, 1.82) is 0 Å². The molecule has 0 saturated carbocycles. The zero-order valence-corrected chi connectivity index (χ0v) is 16.8. The van der Waals surface area contributed by atoms with E-state index in [1.165, 1.54) is 36.9 Å². The summed E-state index contributed by atoms with van der Waals surface area (Å²) in [5, 5.41) is 19.4. The van der Waals surface area contributed by atoms with E-state index in [2.05, 4.69) is 4.98 Å². The number of pyridine rings is 1. The van der Waals surface area contributed by atoms with Crippen LogP contribution >= 0.6 is 0 Å². The molecule has 0 aliphatic rings. The number of fused-ring (bicyclic) bond motifs is 1. The quantitative estimate of drug-likeness (QED) is 0.512. The fraction of sp³-hybridized carbons (Fsp3) is 0.238. The number of aromatic nitrogens is 2. The van der Waals surface area contributed by atoms with E-state index in [9.17, 15) is 19.5 Å². The summed E-state index contributed by atoms with van der Waals surface area (Å²) in [4.78, 5) is 40.1. The molecule has 31 heavy (non-hydrogen) atoms. The number of hydrogen-bond acceptors (Lipinski definition) is 8. The van der Waals surface area contributed by atoms with E-state index < -0.39 is 35.9 Å². The first-order valence-electron chi connectivity index (χ1n) is 9.15. The molecule has 0 radical (unpaired) electrons. The number of aromatic hydroxyl groups is 1. The lowest BCUT2D eigenvalue weighted by Crippen LogP contribution is -2.24. The van der Waals surface area contributed by atoms with Crippen molar-refractivity contribution in [1.82, 2.24) is 9.38 Å². The lowest BCUT2D eigenvalue weighted by molar-refractivity contribution is -0.141. The average molecular weight is 428 g/mol. The van der Waals surface area contributed by atoms with Crippen molar-refractivity contribution < 1.29 is 34.0 Å². The van der Waals surface area contributed by atoms with Crippen molar-refractivity contribution in [2.24, 2.45) is 0 Å². The fourth-order valence-electron chi connectivity index (χ4n) is 3.19. The van der Waals surface area contributed by atoms with Crippen molar-refractivity contribution >= 4 is 17.6 Å². The van der Waals surface area contributed by atoms with Crippen LogP contribution in [0.2, 0.25) is 0 Å². The van der Waals surface area contributed by atoms with Crippen LogP contribution in [0.1, 0.15) is 23.5 Å². The number of carbonyl (C=O) groups is 2. The van der Waals surface area contributed by atoms with Crippen LogP contribution < -0.4 is 15.0 Å². The molecule has 0 aliphatic heterocycles. The molecule has 0 spiro atoms. The molecule has 10 heteroatoms. The van der Waals surface area contributed by atoms with Gasteiger partial charge in [0.1, 0.15) is 5.65 Å². The maximum atomic E-state index is 13.1. The minimum atomic E-state index is -1.16. The summed E-state index contributed by atoms with van der Waals surface area (Å²) in [5.74, 6) is -2.81. The van der Waals surface area contributed by atoms with Gasteiger partial charge in [-0.05, 0) is 29.8 Å². The van der Waals surface area contributed by atoms with Crippen molar-refractivity contribution in [2.75, 3.05) is 20.8 Å². The van der Waals surface area contributed by atoms with Gasteiger partial charge in [0.15, 0.2) is 18.1 Å². The van der Waals surface area contributed by atoms with Gasteiger partial charge in [0, 0.05) is 12.1 Å². The van der Waals surface area contributed by atoms with Crippen LogP contribution in [-0.4, -0.2) is 52.4 Å². The minimum absolute atomic E-state index is 0.0876. The number of carbonyl (C=O) groups excluding carboxylic acids is 1. The largest absolute Gasteiger partial charge is 0.493 e. The highest BCUT2D eigenvalue weighted by atomic mass is 16.5. The number of rotatable bonds is 8. The number of nitrogens with zero attached hydrogens (tertiary/aromatic N) is 2. The van der Waals surface area contributed by atoms with E-state index in [-0.39, 0.29) is 29.1 Å². The topological polar surface area (TPSA) is 137 Å². The molecule has 2 N–H and O–H groups in total. The van der Waals surface area contributed by atoms with Gasteiger partial charge in [-0.2, -0.15) is 4.98 Å². The first-order valence-corrected chi connectivity index (χ1v) is 9.15. The third-order valence-corrected chi connectivity index (χ3v) is 4.64. The van der Waals surface area contributed by atoms with Gasteiger partial charge >= 0.3 is 11.9 Å². The predicted octanol–water partition coefficient (Wildman–Crippen LogP) is 1.57. The molecule has 0 aliphatic carbocycles. The molecule has 162 valence electrons. The fourth-order valence-corrected chi connectivity index (χ4v) is 3.19. The van der Waals surface area contributed by atoms with E-state index in [4.69, 9.17) is 19.3 Å². The summed E-state index contributed by atoms with van der Waals surface area (Å²) in [5.41, 5.74) is 0.0631. The third-order valence-electron chi connectivity index (χ3n) is 4.64. The summed E-state index contributed by atoms with van der Waals surface area (Å²) in [6.45, 7) is -0.571. The summed E-state index contributed by atoms with van der Waals surface area (Å²) < 4.78 is 16.5. The van der Waals surface area contributed by atoms with E-state index in [0.717, 1.165) is 0 Å². The second kappa shape index (κ2) is 9.16. The maximum absolute atomic E-state index is 13.1. The normalized spacial score (nSPS) is 11.7. The molecule has 1 atom stereocenters. The highest BCUT2D eigenvalue weighted by Crippen LogP contribution is 2.36. The van der Waals surface area contributed by atoms with Crippen molar-refractivity contribution in [3.05, 3.63) is 64.1 Å². The van der Waals surface area contributed by atoms with Crippen LogP contribution in [0.15, 0.2) is 47.4 Å². The van der Waals surface area contributed by atoms with Crippen LogP contribution in [0.25, 0.3) is 5.65 Å². The number of esters is 1. The lowest BCUT2D eigenvalue weighted by atomic mass is 9.89. The number of carboxylic acid groups (broad SMARTS) is 1. The van der Waals surface area contributed by atoms with Gasteiger partial charge < -0.3 is 24.4 Å². The number of hydrogen-bond donors (Lipinski definition) is 2. The summed E-state index contributed by atoms with van der Waals surface area (Å²) in [6, 6.07) is 9.40. The van der Waals surface area contributed by atoms with Crippen molar-refractivity contribution in [2.45, 2.75) is 12.3 Å². The smallest absolute Gasteiger partial charge is 0.341 e. The van der Waals surface area contributed by atoms with Gasteiger partial charge in [0.25, 0.3) is 5.56 Å². The Labute approximate surface area is 176 Å². The number of carboxylic acids is 1. The van der Waals surface area contributed by atoms with E-state index in [1.54, 1.807) is 24.3 Å². The van der Waals surface area contributed by atoms with Gasteiger partial charge in [0.05, 0.1) is 26.2 Å². The molecular weight excluding hydrogens is 408 g/mol. The standard InChI is InChI=1S/C21H20N2O8/c1-29-15-9-12(6-7-14(15)31-11-17(24)25)13(10-18(26)30-2)19-20(27)22-16-5-3-4-8-23(16)21(19)28/h3-9,13,27H,10-11H2,1-2H3,(H,24,25)/t13-/m1/s1. The molecule has 3 aromatic rings. The van der Waals surface area contributed by atoms with Gasteiger partial charge in [0.2, 0.25) is 5.88 Å². The molecule has 0 saturated heterocycles. The third kappa shape index (κ3) is 4.58. The molecule has 0 amide bonds. The van der Waals surface area contributed by atoms with Gasteiger partial charge in [-0.15, -0.1) is 0 Å². The highest BCUT2D eigenvalue weighted by Gasteiger charge is 2.28. The van der Waals surface area contributed by atoms with Crippen LogP contribution in [0.3, 0.4) is 0 Å². The number of methoxy groups -OCH3 is 2. The van der Waals surface area contributed by atoms with Crippen LogP contribution in [0.4, 0.5) is 0 Å². The molecule has 2 aromatic heterocycles. The summed E-state index contributed by atoms with van der Waals surface area (Å²) in [6.07, 6.45) is 1.25. The monoisotopic (exact) mass is 428 g/mol. The summed E-state index contributed by atoms with van der Waals surface area (Å²) >= 11 is 0. The molecular formula is C21H20N2O8.